The van der Waals surface area contributed by atoms with Gasteiger partial charge >= 0.3 is 6.03 Å². The fraction of sp³-hybridized carbons (Fsp3) is 0.571. The van der Waals surface area contributed by atoms with Crippen molar-refractivity contribution in [2.45, 2.75) is 50.6 Å². The number of rotatable bonds is 5. The van der Waals surface area contributed by atoms with E-state index in [-0.39, 0.29) is 24.0 Å². The van der Waals surface area contributed by atoms with Crippen LogP contribution in [0, 0.1) is 0 Å². The smallest absolute Gasteiger partial charge is 0.325 e. The van der Waals surface area contributed by atoms with Gasteiger partial charge in [0.05, 0.1) is 11.5 Å². The number of amides is 4. The molecule has 0 radical (unpaired) electrons. The molecule has 0 aromatic heterocycles. The normalized spacial score (nSPS) is 27.2. The fourth-order valence-corrected chi connectivity index (χ4v) is 6.68. The van der Waals surface area contributed by atoms with Gasteiger partial charge in [-0.1, -0.05) is 31.2 Å². The van der Waals surface area contributed by atoms with Crippen molar-refractivity contribution in [2.24, 2.45) is 0 Å². The first kappa shape index (κ1) is 20.8. The summed E-state index contributed by atoms with van der Waals surface area (Å²) in [5.74, 6) is -0.781. The van der Waals surface area contributed by atoms with Crippen LogP contribution in [0.3, 0.4) is 0 Å². The number of hydrogen-bond donors (Lipinski definition) is 1. The maximum atomic E-state index is 13.4. The molecular weight excluding hydrogens is 406 g/mol. The second-order valence-electron chi connectivity index (χ2n) is 8.38. The highest BCUT2D eigenvalue weighted by atomic mass is 32.2. The molecule has 0 bridgehead atoms. The van der Waals surface area contributed by atoms with Gasteiger partial charge in [0.15, 0.2) is 9.84 Å². The van der Waals surface area contributed by atoms with Crippen molar-refractivity contribution in [1.29, 1.82) is 0 Å². The zero-order chi connectivity index (χ0) is 21.5. The highest BCUT2D eigenvalue weighted by molar-refractivity contribution is 7.91. The van der Waals surface area contributed by atoms with E-state index in [1.165, 1.54) is 4.90 Å². The quantitative estimate of drug-likeness (QED) is 0.703. The van der Waals surface area contributed by atoms with Crippen LogP contribution in [0.15, 0.2) is 24.3 Å². The van der Waals surface area contributed by atoms with Gasteiger partial charge in [0.25, 0.3) is 5.91 Å². The molecule has 2 saturated heterocycles. The van der Waals surface area contributed by atoms with Crippen LogP contribution in [0.4, 0.5) is 4.79 Å². The maximum Gasteiger partial charge on any atom is 0.325 e. The third-order valence-electron chi connectivity index (χ3n) is 6.38. The predicted molar refractivity (Wildman–Crippen MR) is 110 cm³/mol. The average Bonchev–Trinajstić information content (AvgIpc) is 3.18. The second-order valence-corrected chi connectivity index (χ2v) is 10.6. The molecule has 1 aromatic carbocycles. The summed E-state index contributed by atoms with van der Waals surface area (Å²) in [6.45, 7) is 1.94. The molecule has 1 aliphatic carbocycles. The number of urea groups is 1. The lowest BCUT2D eigenvalue weighted by Crippen LogP contribution is -2.49. The fourth-order valence-electron chi connectivity index (χ4n) is 4.95. The number of imide groups is 1. The second kappa shape index (κ2) is 7.68. The molecule has 0 saturated carbocycles. The lowest BCUT2D eigenvalue weighted by molar-refractivity contribution is -0.140. The van der Waals surface area contributed by atoms with E-state index in [9.17, 15) is 22.8 Å². The topological polar surface area (TPSA) is 104 Å². The summed E-state index contributed by atoms with van der Waals surface area (Å²) < 4.78 is 23.7. The number of carbonyl (C=O) groups excluding carboxylic acids is 3. The molecule has 4 amide bonds. The van der Waals surface area contributed by atoms with E-state index in [0.717, 1.165) is 28.9 Å². The molecule has 1 N–H and O–H groups in total. The Balaban J connectivity index is 1.56. The summed E-state index contributed by atoms with van der Waals surface area (Å²) in [4.78, 5) is 41.7. The van der Waals surface area contributed by atoms with Crippen LogP contribution < -0.4 is 5.32 Å². The van der Waals surface area contributed by atoms with Crippen LogP contribution in [0.25, 0.3) is 0 Å². The molecule has 9 heteroatoms. The predicted octanol–water partition coefficient (Wildman–Crippen LogP) is 1.20. The van der Waals surface area contributed by atoms with Crippen molar-refractivity contribution in [3.05, 3.63) is 35.4 Å². The molecule has 30 heavy (non-hydrogen) atoms. The van der Waals surface area contributed by atoms with Crippen LogP contribution in [0.5, 0.6) is 0 Å². The Kier molecular flexibility index (Phi) is 5.34. The summed E-state index contributed by atoms with van der Waals surface area (Å²) >= 11 is 0. The Morgan fingerprint density at radius 3 is 2.77 bits per heavy atom. The number of sulfone groups is 1. The highest BCUT2D eigenvalue weighted by Gasteiger charge is 2.54. The standard InChI is InChI=1S/C21H27N3O5S/c1-2-11-23(16-9-12-30(28,29)14-16)18(25)13-24-19(26)21(22-20(24)27)10-5-7-15-6-3-4-8-17(15)21/h3-4,6,8,16H,2,5,7,9-14H2,1H3,(H,22,27). The first-order chi connectivity index (χ1) is 14.3. The molecule has 1 spiro atoms. The van der Waals surface area contributed by atoms with E-state index in [0.29, 0.717) is 25.8 Å². The number of aryl methyl sites for hydroxylation is 1. The first-order valence-corrected chi connectivity index (χ1v) is 12.3. The van der Waals surface area contributed by atoms with Crippen molar-refractivity contribution in [3.63, 3.8) is 0 Å². The Morgan fingerprint density at radius 1 is 1.30 bits per heavy atom. The molecule has 162 valence electrons. The van der Waals surface area contributed by atoms with E-state index in [1.54, 1.807) is 0 Å². The molecule has 1 aromatic rings. The van der Waals surface area contributed by atoms with Gasteiger partial charge in [0.1, 0.15) is 12.1 Å². The summed E-state index contributed by atoms with van der Waals surface area (Å²) in [6.07, 6.45) is 3.18. The van der Waals surface area contributed by atoms with E-state index in [2.05, 4.69) is 5.32 Å². The van der Waals surface area contributed by atoms with Gasteiger partial charge in [0, 0.05) is 12.6 Å². The lowest BCUT2D eigenvalue weighted by atomic mass is 9.76. The Hall–Kier alpha value is -2.42. The van der Waals surface area contributed by atoms with Gasteiger partial charge < -0.3 is 10.2 Å². The molecule has 2 unspecified atom stereocenters. The summed E-state index contributed by atoms with van der Waals surface area (Å²) in [6, 6.07) is 6.63. The molecule has 2 aliphatic heterocycles. The van der Waals surface area contributed by atoms with Crippen LogP contribution in [0.1, 0.15) is 43.7 Å². The third-order valence-corrected chi connectivity index (χ3v) is 8.13. The number of carbonyl (C=O) groups is 3. The molecule has 3 aliphatic rings. The molecule has 2 fully saturated rings. The minimum Gasteiger partial charge on any atom is -0.337 e. The SMILES string of the molecule is CCCN(C(=O)CN1C(=O)NC2(CCCc3ccccc32)C1=O)C1CCS(=O)(=O)C1. The number of benzene rings is 1. The van der Waals surface area contributed by atoms with E-state index in [4.69, 9.17) is 0 Å². The maximum absolute atomic E-state index is 13.4. The first-order valence-electron chi connectivity index (χ1n) is 10.5. The zero-order valence-corrected chi connectivity index (χ0v) is 17.9. The Labute approximate surface area is 176 Å². The minimum absolute atomic E-state index is 0.0593. The van der Waals surface area contributed by atoms with Gasteiger partial charge in [-0.05, 0) is 43.2 Å². The Bertz CT molecular complexity index is 992. The van der Waals surface area contributed by atoms with Crippen LogP contribution in [0.2, 0.25) is 0 Å². The van der Waals surface area contributed by atoms with Gasteiger partial charge in [-0.15, -0.1) is 0 Å². The van der Waals surface area contributed by atoms with Crippen molar-refractivity contribution in [1.82, 2.24) is 15.1 Å². The molecular formula is C21H27N3O5S. The molecule has 4 rings (SSSR count). The van der Waals surface area contributed by atoms with Gasteiger partial charge in [-0.3, -0.25) is 14.5 Å². The van der Waals surface area contributed by atoms with Crippen LogP contribution in [-0.4, -0.2) is 66.7 Å². The minimum atomic E-state index is -3.15. The summed E-state index contributed by atoms with van der Waals surface area (Å²) in [7, 11) is -3.15. The van der Waals surface area contributed by atoms with Crippen molar-refractivity contribution in [3.8, 4) is 0 Å². The lowest BCUT2D eigenvalue weighted by Gasteiger charge is -2.33. The number of nitrogens with zero attached hydrogens (tertiary/aromatic N) is 2. The number of nitrogens with one attached hydrogen (secondary N) is 1. The molecule has 2 atom stereocenters. The van der Waals surface area contributed by atoms with Crippen molar-refractivity contribution < 1.29 is 22.8 Å². The summed E-state index contributed by atoms with van der Waals surface area (Å²) in [5, 5.41) is 2.86. The summed E-state index contributed by atoms with van der Waals surface area (Å²) in [5.41, 5.74) is 0.726. The third kappa shape index (κ3) is 3.49. The van der Waals surface area contributed by atoms with E-state index in [1.807, 2.05) is 31.2 Å². The van der Waals surface area contributed by atoms with E-state index >= 15 is 0 Å². The Morgan fingerprint density at radius 2 is 2.07 bits per heavy atom. The van der Waals surface area contributed by atoms with Crippen molar-refractivity contribution >= 4 is 27.7 Å². The van der Waals surface area contributed by atoms with Crippen molar-refractivity contribution in [2.75, 3.05) is 24.6 Å². The van der Waals surface area contributed by atoms with Crippen LogP contribution in [-0.2, 0) is 31.4 Å². The van der Waals surface area contributed by atoms with Gasteiger partial charge in [0.2, 0.25) is 5.91 Å². The van der Waals surface area contributed by atoms with Crippen LogP contribution >= 0.6 is 0 Å². The average molecular weight is 434 g/mol. The number of fused-ring (bicyclic) bond motifs is 2. The monoisotopic (exact) mass is 433 g/mol. The molecule has 8 nitrogen and oxygen atoms in total. The van der Waals surface area contributed by atoms with Gasteiger partial charge in [-0.25, -0.2) is 13.2 Å². The zero-order valence-electron chi connectivity index (χ0n) is 17.1. The number of hydrogen-bond acceptors (Lipinski definition) is 5. The largest absolute Gasteiger partial charge is 0.337 e. The van der Waals surface area contributed by atoms with Gasteiger partial charge in [-0.2, -0.15) is 0 Å². The highest BCUT2D eigenvalue weighted by Crippen LogP contribution is 2.39. The van der Waals surface area contributed by atoms with E-state index < -0.39 is 33.4 Å². The molecule has 2 heterocycles.